The number of hydrogen-bond donors (Lipinski definition) is 1. The molecule has 1 saturated heterocycles. The standard InChI is InChI=1S/C20H17ClN4O2/c21-14-3-4-17-16(10-14)19(13(11-22)12-23-17)24-15-5-7-25(8-6-15)20(26)18-2-1-9-27-18/h1-4,9-10,12,15H,5-8H2,(H,23,24). The quantitative estimate of drug-likeness (QED) is 0.740. The van der Waals surface area contributed by atoms with Crippen molar-refractivity contribution in [3.8, 4) is 6.07 Å². The van der Waals surface area contributed by atoms with Crippen molar-refractivity contribution in [3.63, 3.8) is 0 Å². The molecule has 4 rings (SSSR count). The summed E-state index contributed by atoms with van der Waals surface area (Å²) in [5, 5.41) is 14.4. The van der Waals surface area contributed by atoms with Crippen LogP contribution in [-0.4, -0.2) is 34.9 Å². The molecule has 27 heavy (non-hydrogen) atoms. The molecular weight excluding hydrogens is 364 g/mol. The average molecular weight is 381 g/mol. The van der Waals surface area contributed by atoms with Gasteiger partial charge in [0, 0.05) is 35.7 Å². The molecule has 0 unspecified atom stereocenters. The fraction of sp³-hybridized carbons (Fsp3) is 0.250. The minimum absolute atomic E-state index is 0.0858. The minimum Gasteiger partial charge on any atom is -0.459 e. The zero-order valence-corrected chi connectivity index (χ0v) is 15.2. The molecule has 1 aliphatic rings. The van der Waals surface area contributed by atoms with E-state index in [1.54, 1.807) is 29.3 Å². The Bertz CT molecular complexity index is 1020. The van der Waals surface area contributed by atoms with Gasteiger partial charge in [0.2, 0.25) is 0 Å². The van der Waals surface area contributed by atoms with Gasteiger partial charge in [-0.3, -0.25) is 9.78 Å². The number of likely N-dealkylation sites (tertiary alicyclic amines) is 1. The van der Waals surface area contributed by atoms with E-state index in [1.165, 1.54) is 6.26 Å². The van der Waals surface area contributed by atoms with Crippen LogP contribution in [0.5, 0.6) is 0 Å². The molecule has 3 aromatic rings. The van der Waals surface area contributed by atoms with E-state index in [0.717, 1.165) is 29.4 Å². The summed E-state index contributed by atoms with van der Waals surface area (Å²) in [5.41, 5.74) is 2.02. The monoisotopic (exact) mass is 380 g/mol. The molecule has 1 amide bonds. The molecule has 0 aliphatic carbocycles. The van der Waals surface area contributed by atoms with E-state index < -0.39 is 0 Å². The summed E-state index contributed by atoms with van der Waals surface area (Å²) >= 11 is 6.14. The third-order valence-electron chi connectivity index (χ3n) is 4.81. The highest BCUT2D eigenvalue weighted by Crippen LogP contribution is 2.30. The Kier molecular flexibility index (Phi) is 4.69. The van der Waals surface area contributed by atoms with E-state index in [0.29, 0.717) is 29.4 Å². The minimum atomic E-state index is -0.0858. The van der Waals surface area contributed by atoms with E-state index >= 15 is 0 Å². The van der Waals surface area contributed by atoms with Crippen molar-refractivity contribution < 1.29 is 9.21 Å². The predicted molar refractivity (Wildman–Crippen MR) is 103 cm³/mol. The van der Waals surface area contributed by atoms with Crippen molar-refractivity contribution in [2.45, 2.75) is 18.9 Å². The number of halogens is 1. The molecule has 1 aromatic carbocycles. The fourth-order valence-electron chi connectivity index (χ4n) is 3.39. The number of carbonyl (C=O) groups excluding carboxylic acids is 1. The first kappa shape index (κ1) is 17.4. The number of nitrogens with one attached hydrogen (secondary N) is 1. The molecule has 0 radical (unpaired) electrons. The number of fused-ring (bicyclic) bond motifs is 1. The first-order valence-corrected chi connectivity index (χ1v) is 9.11. The van der Waals surface area contributed by atoms with Gasteiger partial charge in [0.1, 0.15) is 6.07 Å². The SMILES string of the molecule is N#Cc1cnc2ccc(Cl)cc2c1NC1CCN(C(=O)c2ccco2)CC1. The number of benzene rings is 1. The van der Waals surface area contributed by atoms with Gasteiger partial charge in [0.15, 0.2) is 5.76 Å². The van der Waals surface area contributed by atoms with Crippen molar-refractivity contribution in [2.24, 2.45) is 0 Å². The fourth-order valence-corrected chi connectivity index (χ4v) is 3.56. The van der Waals surface area contributed by atoms with Crippen LogP contribution >= 0.6 is 11.6 Å². The van der Waals surface area contributed by atoms with Crippen LogP contribution in [0.15, 0.2) is 47.2 Å². The van der Waals surface area contributed by atoms with Crippen LogP contribution in [0.25, 0.3) is 10.9 Å². The molecule has 0 spiro atoms. The number of aromatic nitrogens is 1. The predicted octanol–water partition coefficient (Wildman–Crippen LogP) is 4.07. The molecule has 7 heteroatoms. The maximum Gasteiger partial charge on any atom is 0.289 e. The Balaban J connectivity index is 1.52. The van der Waals surface area contributed by atoms with E-state index in [-0.39, 0.29) is 11.9 Å². The molecule has 1 fully saturated rings. The Labute approximate surface area is 161 Å². The number of piperidine rings is 1. The summed E-state index contributed by atoms with van der Waals surface area (Å²) in [4.78, 5) is 18.5. The number of nitriles is 1. The first-order valence-electron chi connectivity index (χ1n) is 8.73. The summed E-state index contributed by atoms with van der Waals surface area (Å²) in [5.74, 6) is 0.278. The van der Waals surface area contributed by atoms with Gasteiger partial charge in [-0.2, -0.15) is 5.26 Å². The van der Waals surface area contributed by atoms with Crippen LogP contribution in [0.2, 0.25) is 5.02 Å². The van der Waals surface area contributed by atoms with E-state index in [1.807, 2.05) is 12.1 Å². The molecular formula is C20H17ClN4O2. The highest BCUT2D eigenvalue weighted by molar-refractivity contribution is 6.31. The van der Waals surface area contributed by atoms with Crippen molar-refractivity contribution >= 4 is 34.1 Å². The Morgan fingerprint density at radius 1 is 1.33 bits per heavy atom. The molecule has 1 N–H and O–H groups in total. The second kappa shape index (κ2) is 7.29. The van der Waals surface area contributed by atoms with Crippen molar-refractivity contribution in [3.05, 3.63) is 59.1 Å². The van der Waals surface area contributed by atoms with E-state index in [4.69, 9.17) is 16.0 Å². The van der Waals surface area contributed by atoms with Gasteiger partial charge in [-0.25, -0.2) is 0 Å². The number of amides is 1. The van der Waals surface area contributed by atoms with Crippen LogP contribution in [0, 0.1) is 11.3 Å². The number of hydrogen-bond acceptors (Lipinski definition) is 5. The number of rotatable bonds is 3. The molecule has 136 valence electrons. The Hall–Kier alpha value is -3.04. The molecule has 0 saturated carbocycles. The van der Waals surface area contributed by atoms with Crippen LogP contribution in [0.4, 0.5) is 5.69 Å². The maximum atomic E-state index is 12.4. The third kappa shape index (κ3) is 3.46. The van der Waals surface area contributed by atoms with Crippen molar-refractivity contribution in [2.75, 3.05) is 18.4 Å². The van der Waals surface area contributed by atoms with Crippen LogP contribution in [0.1, 0.15) is 29.0 Å². The number of furan rings is 1. The van der Waals surface area contributed by atoms with Gasteiger partial charge in [-0.05, 0) is 43.2 Å². The van der Waals surface area contributed by atoms with Crippen molar-refractivity contribution in [1.29, 1.82) is 5.26 Å². The van der Waals surface area contributed by atoms with Gasteiger partial charge in [-0.1, -0.05) is 11.6 Å². The molecule has 0 atom stereocenters. The zero-order chi connectivity index (χ0) is 18.8. The highest BCUT2D eigenvalue weighted by Gasteiger charge is 2.25. The number of pyridine rings is 1. The van der Waals surface area contributed by atoms with Crippen LogP contribution < -0.4 is 5.32 Å². The zero-order valence-electron chi connectivity index (χ0n) is 14.5. The Morgan fingerprint density at radius 3 is 2.85 bits per heavy atom. The van der Waals surface area contributed by atoms with Gasteiger partial charge < -0.3 is 14.6 Å². The van der Waals surface area contributed by atoms with Gasteiger partial charge in [0.25, 0.3) is 5.91 Å². The maximum absolute atomic E-state index is 12.4. The lowest BCUT2D eigenvalue weighted by molar-refractivity contribution is 0.0686. The summed E-state index contributed by atoms with van der Waals surface area (Å²) in [6, 6.07) is 11.2. The summed E-state index contributed by atoms with van der Waals surface area (Å²) in [7, 11) is 0. The normalized spacial score (nSPS) is 14.9. The molecule has 1 aliphatic heterocycles. The molecule has 6 nitrogen and oxygen atoms in total. The van der Waals surface area contributed by atoms with E-state index in [2.05, 4.69) is 16.4 Å². The van der Waals surface area contributed by atoms with Crippen LogP contribution in [0.3, 0.4) is 0 Å². The molecule has 0 bridgehead atoms. The lowest BCUT2D eigenvalue weighted by Gasteiger charge is -2.32. The Morgan fingerprint density at radius 2 is 2.15 bits per heavy atom. The number of anilines is 1. The second-order valence-corrected chi connectivity index (χ2v) is 6.94. The summed E-state index contributed by atoms with van der Waals surface area (Å²) in [6.07, 6.45) is 4.64. The van der Waals surface area contributed by atoms with Gasteiger partial charge >= 0.3 is 0 Å². The van der Waals surface area contributed by atoms with Gasteiger partial charge in [-0.15, -0.1) is 0 Å². The number of carbonyl (C=O) groups is 1. The lowest BCUT2D eigenvalue weighted by Crippen LogP contribution is -2.42. The largest absolute Gasteiger partial charge is 0.459 e. The first-order chi connectivity index (χ1) is 13.2. The van der Waals surface area contributed by atoms with Crippen LogP contribution in [-0.2, 0) is 0 Å². The average Bonchev–Trinajstić information content (AvgIpc) is 3.23. The highest BCUT2D eigenvalue weighted by atomic mass is 35.5. The summed E-state index contributed by atoms with van der Waals surface area (Å²) in [6.45, 7) is 1.26. The molecule has 2 aromatic heterocycles. The second-order valence-electron chi connectivity index (χ2n) is 6.51. The topological polar surface area (TPSA) is 82.2 Å². The smallest absolute Gasteiger partial charge is 0.289 e. The van der Waals surface area contributed by atoms with Crippen molar-refractivity contribution in [1.82, 2.24) is 9.88 Å². The number of nitrogens with zero attached hydrogens (tertiary/aromatic N) is 3. The lowest BCUT2D eigenvalue weighted by atomic mass is 10.0. The van der Waals surface area contributed by atoms with E-state index in [9.17, 15) is 10.1 Å². The van der Waals surface area contributed by atoms with Gasteiger partial charge in [0.05, 0.1) is 23.0 Å². The third-order valence-corrected chi connectivity index (χ3v) is 5.05. The molecule has 3 heterocycles. The summed E-state index contributed by atoms with van der Waals surface area (Å²) < 4.78 is 5.20.